The summed E-state index contributed by atoms with van der Waals surface area (Å²) < 4.78 is 11.0. The van der Waals surface area contributed by atoms with Crippen LogP contribution in [0.1, 0.15) is 40.0 Å². The smallest absolute Gasteiger partial charge is 0.191 e. The molecule has 24 heavy (non-hydrogen) atoms. The number of rotatable bonds is 13. The maximum Gasteiger partial charge on any atom is 0.191 e. The molecular weight excluding hydrogens is 421 g/mol. The van der Waals surface area contributed by atoms with Crippen LogP contribution in [0.25, 0.3) is 0 Å². The molecule has 1 fully saturated rings. The zero-order valence-corrected chi connectivity index (χ0v) is 17.8. The van der Waals surface area contributed by atoms with E-state index in [4.69, 9.17) is 9.47 Å². The second-order valence-corrected chi connectivity index (χ2v) is 6.60. The van der Waals surface area contributed by atoms with Gasteiger partial charge in [0.05, 0.1) is 19.3 Å². The molecule has 6 nitrogen and oxygen atoms in total. The molecule has 144 valence electrons. The summed E-state index contributed by atoms with van der Waals surface area (Å²) in [5, 5.41) is 16.3. The molecule has 1 saturated carbocycles. The maximum absolute atomic E-state index is 9.89. The van der Waals surface area contributed by atoms with E-state index in [9.17, 15) is 5.11 Å². The van der Waals surface area contributed by atoms with Gasteiger partial charge in [0.2, 0.25) is 0 Å². The van der Waals surface area contributed by atoms with Crippen molar-refractivity contribution in [2.24, 2.45) is 16.8 Å². The van der Waals surface area contributed by atoms with E-state index in [-0.39, 0.29) is 24.0 Å². The van der Waals surface area contributed by atoms with Crippen LogP contribution in [0.5, 0.6) is 0 Å². The first-order valence-corrected chi connectivity index (χ1v) is 8.97. The van der Waals surface area contributed by atoms with E-state index in [0.717, 1.165) is 51.2 Å². The molecule has 1 atom stereocenters. The summed E-state index contributed by atoms with van der Waals surface area (Å²) in [5.41, 5.74) is 0. The Bertz CT molecular complexity index is 326. The van der Waals surface area contributed by atoms with Gasteiger partial charge >= 0.3 is 0 Å². The van der Waals surface area contributed by atoms with Crippen LogP contribution in [0.15, 0.2) is 4.99 Å². The van der Waals surface area contributed by atoms with Crippen molar-refractivity contribution in [3.63, 3.8) is 0 Å². The monoisotopic (exact) mass is 457 g/mol. The standard InChI is InChI=1S/C17H35N3O3.HI/c1-4-18-17(19-8-5-9-22-11-14(2)3)20-10-16(21)13-23-12-15-6-7-15;/h14-16,21H,4-13H2,1-3H3,(H2,18,19,20);1H. The van der Waals surface area contributed by atoms with Gasteiger partial charge in [-0.2, -0.15) is 0 Å². The van der Waals surface area contributed by atoms with E-state index in [1.165, 1.54) is 12.8 Å². The number of nitrogens with zero attached hydrogens (tertiary/aromatic N) is 1. The van der Waals surface area contributed by atoms with E-state index in [2.05, 4.69) is 29.5 Å². The number of aliphatic hydroxyl groups excluding tert-OH is 1. The second-order valence-electron chi connectivity index (χ2n) is 6.60. The zero-order chi connectivity index (χ0) is 16.9. The third-order valence-corrected chi connectivity index (χ3v) is 3.37. The lowest BCUT2D eigenvalue weighted by Gasteiger charge is -2.13. The molecule has 1 unspecified atom stereocenters. The number of halogens is 1. The van der Waals surface area contributed by atoms with E-state index in [0.29, 0.717) is 19.1 Å². The molecule has 0 heterocycles. The van der Waals surface area contributed by atoms with Crippen LogP contribution in [0.4, 0.5) is 0 Å². The van der Waals surface area contributed by atoms with Gasteiger partial charge in [-0.1, -0.05) is 13.8 Å². The first-order valence-electron chi connectivity index (χ1n) is 8.97. The first kappa shape index (κ1) is 23.9. The Balaban J connectivity index is 0.00000529. The van der Waals surface area contributed by atoms with Crippen LogP contribution in [0.2, 0.25) is 0 Å². The molecule has 7 heteroatoms. The number of nitrogens with one attached hydrogen (secondary N) is 2. The van der Waals surface area contributed by atoms with Crippen LogP contribution in [0, 0.1) is 11.8 Å². The van der Waals surface area contributed by atoms with Crippen molar-refractivity contribution in [3.8, 4) is 0 Å². The predicted octanol–water partition coefficient (Wildman–Crippen LogP) is 2.01. The maximum atomic E-state index is 9.89. The van der Waals surface area contributed by atoms with Crippen LogP contribution in [0.3, 0.4) is 0 Å². The number of hydrogen-bond donors (Lipinski definition) is 3. The molecule has 0 saturated heterocycles. The van der Waals surface area contributed by atoms with Crippen molar-refractivity contribution < 1.29 is 14.6 Å². The molecule has 0 radical (unpaired) electrons. The minimum atomic E-state index is -0.543. The lowest BCUT2D eigenvalue weighted by Crippen LogP contribution is -2.39. The van der Waals surface area contributed by atoms with Crippen molar-refractivity contribution in [2.75, 3.05) is 46.1 Å². The van der Waals surface area contributed by atoms with Crippen molar-refractivity contribution in [1.82, 2.24) is 10.6 Å². The highest BCUT2D eigenvalue weighted by molar-refractivity contribution is 14.0. The third-order valence-electron chi connectivity index (χ3n) is 3.37. The number of aliphatic hydroxyl groups is 1. The van der Waals surface area contributed by atoms with Crippen molar-refractivity contribution in [2.45, 2.75) is 46.1 Å². The Hall–Kier alpha value is -0.120. The fourth-order valence-corrected chi connectivity index (χ4v) is 1.95. The molecule has 0 aliphatic heterocycles. The molecule has 3 N–H and O–H groups in total. The summed E-state index contributed by atoms with van der Waals surface area (Å²) in [4.78, 5) is 4.40. The Morgan fingerprint density at radius 1 is 1.21 bits per heavy atom. The van der Waals surface area contributed by atoms with Crippen LogP contribution >= 0.6 is 24.0 Å². The SMILES string of the molecule is CCNC(=NCC(O)COCC1CC1)NCCCOCC(C)C.I. The van der Waals surface area contributed by atoms with E-state index >= 15 is 0 Å². The molecule has 0 bridgehead atoms. The summed E-state index contributed by atoms with van der Waals surface area (Å²) in [6, 6.07) is 0. The lowest BCUT2D eigenvalue weighted by molar-refractivity contribution is 0.0368. The van der Waals surface area contributed by atoms with Crippen LogP contribution in [-0.4, -0.2) is 63.2 Å². The lowest BCUT2D eigenvalue weighted by atomic mass is 10.2. The summed E-state index contributed by atoms with van der Waals surface area (Å²) in [7, 11) is 0. The largest absolute Gasteiger partial charge is 0.389 e. The van der Waals surface area contributed by atoms with Gasteiger partial charge in [-0.25, -0.2) is 0 Å². The Labute approximate surface area is 164 Å². The van der Waals surface area contributed by atoms with Gasteiger partial charge in [0.15, 0.2) is 5.96 Å². The molecule has 0 aromatic carbocycles. The van der Waals surface area contributed by atoms with Crippen LogP contribution in [-0.2, 0) is 9.47 Å². The normalized spacial score (nSPS) is 16.0. The quantitative estimate of drug-likeness (QED) is 0.171. The Morgan fingerprint density at radius 3 is 2.58 bits per heavy atom. The Morgan fingerprint density at radius 2 is 1.96 bits per heavy atom. The summed E-state index contributed by atoms with van der Waals surface area (Å²) >= 11 is 0. The summed E-state index contributed by atoms with van der Waals surface area (Å²) in [6.45, 7) is 11.0. The Kier molecular flexibility index (Phi) is 15.1. The van der Waals surface area contributed by atoms with Gasteiger partial charge in [0, 0.05) is 32.9 Å². The molecule has 0 aromatic heterocycles. The fourth-order valence-electron chi connectivity index (χ4n) is 1.95. The minimum absolute atomic E-state index is 0. The number of aliphatic imine (C=N–C) groups is 1. The molecule has 0 aromatic rings. The second kappa shape index (κ2) is 15.2. The number of ether oxygens (including phenoxy) is 2. The predicted molar refractivity (Wildman–Crippen MR) is 109 cm³/mol. The minimum Gasteiger partial charge on any atom is -0.389 e. The average molecular weight is 457 g/mol. The van der Waals surface area contributed by atoms with Gasteiger partial charge in [-0.15, -0.1) is 24.0 Å². The van der Waals surface area contributed by atoms with Crippen LogP contribution < -0.4 is 10.6 Å². The van der Waals surface area contributed by atoms with Gasteiger partial charge < -0.3 is 25.2 Å². The average Bonchev–Trinajstić information content (AvgIpc) is 3.32. The van der Waals surface area contributed by atoms with Crippen molar-refractivity contribution in [3.05, 3.63) is 0 Å². The van der Waals surface area contributed by atoms with Crippen molar-refractivity contribution in [1.29, 1.82) is 0 Å². The molecule has 0 amide bonds. The van der Waals surface area contributed by atoms with Gasteiger partial charge in [-0.05, 0) is 38.0 Å². The van der Waals surface area contributed by atoms with Crippen molar-refractivity contribution >= 4 is 29.9 Å². The van der Waals surface area contributed by atoms with E-state index in [1.807, 2.05) is 6.92 Å². The number of hydrogen-bond acceptors (Lipinski definition) is 4. The summed E-state index contributed by atoms with van der Waals surface area (Å²) in [5.74, 6) is 2.03. The third kappa shape index (κ3) is 14.2. The topological polar surface area (TPSA) is 75.1 Å². The fraction of sp³-hybridized carbons (Fsp3) is 0.941. The van der Waals surface area contributed by atoms with Gasteiger partial charge in [-0.3, -0.25) is 4.99 Å². The van der Waals surface area contributed by atoms with E-state index in [1.54, 1.807) is 0 Å². The highest BCUT2D eigenvalue weighted by Gasteiger charge is 2.21. The molecule has 1 rings (SSSR count). The highest BCUT2D eigenvalue weighted by atomic mass is 127. The summed E-state index contributed by atoms with van der Waals surface area (Å²) in [6.07, 6.45) is 2.93. The zero-order valence-electron chi connectivity index (χ0n) is 15.4. The van der Waals surface area contributed by atoms with Gasteiger partial charge in [0.25, 0.3) is 0 Å². The highest BCUT2D eigenvalue weighted by Crippen LogP contribution is 2.28. The first-order chi connectivity index (χ1) is 11.1. The van der Waals surface area contributed by atoms with E-state index < -0.39 is 6.10 Å². The molecule has 1 aliphatic rings. The number of guanidine groups is 1. The molecule has 0 spiro atoms. The molecule has 1 aliphatic carbocycles. The molecular formula is C17H36IN3O3. The van der Waals surface area contributed by atoms with Gasteiger partial charge in [0.1, 0.15) is 0 Å².